The summed E-state index contributed by atoms with van der Waals surface area (Å²) in [6.07, 6.45) is 7.56. The summed E-state index contributed by atoms with van der Waals surface area (Å²) in [6.45, 7) is 4.71. The van der Waals surface area contributed by atoms with Crippen molar-refractivity contribution in [1.82, 2.24) is 15.3 Å². The molecule has 0 atom stereocenters. The van der Waals surface area contributed by atoms with Crippen LogP contribution >= 0.6 is 0 Å². The molecule has 0 spiro atoms. The van der Waals surface area contributed by atoms with E-state index in [-0.39, 0.29) is 29.8 Å². The van der Waals surface area contributed by atoms with Gasteiger partial charge in [0.2, 0.25) is 5.91 Å². The van der Waals surface area contributed by atoms with Crippen LogP contribution in [0.4, 0.5) is 10.5 Å². The van der Waals surface area contributed by atoms with Crippen molar-refractivity contribution in [3.05, 3.63) is 59.9 Å². The number of anilines is 1. The molecular weight excluding hydrogens is 570 g/mol. The molecule has 2 fully saturated rings. The lowest BCUT2D eigenvalue weighted by molar-refractivity contribution is -0.124. The molecule has 0 unspecified atom stereocenters. The van der Waals surface area contributed by atoms with Crippen LogP contribution in [0.3, 0.4) is 0 Å². The molecule has 3 aromatic rings. The van der Waals surface area contributed by atoms with Gasteiger partial charge in [0.25, 0.3) is 0 Å². The normalized spacial score (nSPS) is 21.5. The number of alkyl carbamates (subject to hydrolysis) is 1. The number of carbonyl (C=O) groups excluding carboxylic acids is 2. The maximum absolute atomic E-state index is 14.2. The van der Waals surface area contributed by atoms with Crippen LogP contribution in [0.5, 0.6) is 5.75 Å². The minimum absolute atomic E-state index is 0.117. The van der Waals surface area contributed by atoms with Crippen molar-refractivity contribution in [2.45, 2.75) is 83.2 Å². The largest absolute Gasteiger partial charge is 0.494 e. The third-order valence-electron chi connectivity index (χ3n) is 9.15. The average Bonchev–Trinajstić information content (AvgIpc) is 3.58. The van der Waals surface area contributed by atoms with E-state index in [4.69, 9.17) is 13.9 Å². The van der Waals surface area contributed by atoms with Crippen LogP contribution < -0.4 is 15.0 Å². The minimum atomic E-state index is -0.430. The van der Waals surface area contributed by atoms with E-state index in [1.54, 1.807) is 20.4 Å². The van der Waals surface area contributed by atoms with Crippen molar-refractivity contribution in [1.29, 1.82) is 5.26 Å². The van der Waals surface area contributed by atoms with E-state index in [2.05, 4.69) is 21.4 Å². The first kappa shape index (κ1) is 32.0. The number of hydrogen-bond donors (Lipinski definition) is 1. The number of amides is 2. The fourth-order valence-corrected chi connectivity index (χ4v) is 6.53. The quantitative estimate of drug-likeness (QED) is 0.274. The number of nitrogens with one attached hydrogen (secondary N) is 1. The van der Waals surface area contributed by atoms with E-state index in [0.717, 1.165) is 48.3 Å². The Balaban J connectivity index is 1.32. The first-order chi connectivity index (χ1) is 21.8. The number of ether oxygens (including phenoxy) is 2. The maximum Gasteiger partial charge on any atom is 0.407 e. The molecule has 10 nitrogen and oxygen atoms in total. The summed E-state index contributed by atoms with van der Waals surface area (Å²) < 4.78 is 16.4. The van der Waals surface area contributed by atoms with Crippen LogP contribution in [-0.4, -0.2) is 48.8 Å². The number of benzene rings is 1. The molecule has 0 saturated heterocycles. The smallest absolute Gasteiger partial charge is 0.407 e. The number of nitriles is 1. The van der Waals surface area contributed by atoms with Gasteiger partial charge in [0.15, 0.2) is 17.3 Å². The van der Waals surface area contributed by atoms with E-state index < -0.39 is 6.09 Å². The molecule has 5 rings (SSSR count). The van der Waals surface area contributed by atoms with E-state index in [0.29, 0.717) is 55.5 Å². The molecule has 238 valence electrons. The SMILES string of the molecule is CNC(=O)OC1CCC(C(=O)N(CC2CCC(c3ccc(OC)c(C#N)n3)CC2)c2cccc(-c3coc(C(C)C)n3)c2)CC1. The third-order valence-corrected chi connectivity index (χ3v) is 9.15. The van der Waals surface area contributed by atoms with E-state index in [9.17, 15) is 14.9 Å². The molecular formula is C35H43N5O5. The van der Waals surface area contributed by atoms with Crippen molar-refractivity contribution in [3.8, 4) is 23.1 Å². The van der Waals surface area contributed by atoms with E-state index >= 15 is 0 Å². The number of pyridine rings is 1. The Morgan fingerprint density at radius 2 is 1.82 bits per heavy atom. The second-order valence-electron chi connectivity index (χ2n) is 12.5. The molecule has 2 aliphatic rings. The lowest BCUT2D eigenvalue weighted by Crippen LogP contribution is -2.42. The lowest BCUT2D eigenvalue weighted by atomic mass is 9.79. The van der Waals surface area contributed by atoms with Crippen molar-refractivity contribution in [3.63, 3.8) is 0 Å². The average molecular weight is 614 g/mol. The highest BCUT2D eigenvalue weighted by atomic mass is 16.6. The molecule has 2 aromatic heterocycles. The van der Waals surface area contributed by atoms with Gasteiger partial charge in [0.05, 0.1) is 7.11 Å². The summed E-state index contributed by atoms with van der Waals surface area (Å²) >= 11 is 0. The van der Waals surface area contributed by atoms with Crippen molar-refractivity contribution in [2.75, 3.05) is 25.6 Å². The first-order valence-electron chi connectivity index (χ1n) is 16.0. The van der Waals surface area contributed by atoms with E-state index in [1.807, 2.05) is 55.1 Å². The second-order valence-corrected chi connectivity index (χ2v) is 12.5. The standard InChI is InChI=1S/C35H43N5O5/c1-22(2)33-39-31(21-44-33)26-6-5-7-27(18-26)40(34(41)25-12-14-28(15-13-25)45-35(42)37-3)20-23-8-10-24(11-9-23)29-16-17-32(43-4)30(19-36)38-29/h5-7,16-18,21-25,28H,8-15,20H2,1-4H3,(H,37,42). The number of nitrogens with zero attached hydrogens (tertiary/aromatic N) is 4. The second kappa shape index (κ2) is 14.6. The zero-order valence-electron chi connectivity index (χ0n) is 26.6. The Hall–Kier alpha value is -4.39. The number of aromatic nitrogens is 2. The number of carbonyl (C=O) groups is 2. The number of rotatable bonds is 9. The number of oxazole rings is 1. The van der Waals surface area contributed by atoms with Gasteiger partial charge in [-0.3, -0.25) is 4.79 Å². The zero-order chi connectivity index (χ0) is 31.9. The molecule has 45 heavy (non-hydrogen) atoms. The minimum Gasteiger partial charge on any atom is -0.494 e. The van der Waals surface area contributed by atoms with Crippen LogP contribution in [-0.2, 0) is 9.53 Å². The first-order valence-corrected chi connectivity index (χ1v) is 16.0. The predicted octanol–water partition coefficient (Wildman–Crippen LogP) is 6.96. The molecule has 1 aromatic carbocycles. The van der Waals surface area contributed by atoms with E-state index in [1.165, 1.54) is 0 Å². The fourth-order valence-electron chi connectivity index (χ4n) is 6.53. The van der Waals surface area contributed by atoms with Crippen molar-refractivity contribution < 1.29 is 23.5 Å². The molecule has 2 aliphatic carbocycles. The topological polar surface area (TPSA) is 131 Å². The Labute approximate surface area is 265 Å². The van der Waals surface area contributed by atoms with Crippen LogP contribution in [0.2, 0.25) is 0 Å². The molecule has 2 saturated carbocycles. The molecule has 0 bridgehead atoms. The van der Waals surface area contributed by atoms with Crippen LogP contribution in [0.1, 0.15) is 94.3 Å². The summed E-state index contributed by atoms with van der Waals surface area (Å²) in [5.74, 6) is 1.93. The highest BCUT2D eigenvalue weighted by molar-refractivity contribution is 5.95. The Bertz CT molecular complexity index is 1510. The number of hydrogen-bond acceptors (Lipinski definition) is 8. The molecule has 2 amide bonds. The van der Waals surface area contributed by atoms with Gasteiger partial charge in [-0.1, -0.05) is 26.0 Å². The summed E-state index contributed by atoms with van der Waals surface area (Å²) in [4.78, 5) is 37.2. The summed E-state index contributed by atoms with van der Waals surface area (Å²) in [5.41, 5.74) is 3.76. The Morgan fingerprint density at radius 3 is 2.47 bits per heavy atom. The summed E-state index contributed by atoms with van der Waals surface area (Å²) in [6, 6.07) is 13.9. The molecule has 0 radical (unpaired) electrons. The van der Waals surface area contributed by atoms with Gasteiger partial charge in [-0.15, -0.1) is 0 Å². The fraction of sp³-hybridized carbons (Fsp3) is 0.514. The summed E-state index contributed by atoms with van der Waals surface area (Å²) in [7, 11) is 3.10. The molecule has 10 heteroatoms. The van der Waals surface area contributed by atoms with Crippen LogP contribution in [0, 0.1) is 23.2 Å². The number of methoxy groups -OCH3 is 1. The lowest BCUT2D eigenvalue weighted by Gasteiger charge is -2.36. The molecule has 2 heterocycles. The summed E-state index contributed by atoms with van der Waals surface area (Å²) in [5, 5.41) is 12.0. The monoisotopic (exact) mass is 613 g/mol. The van der Waals surface area contributed by atoms with Gasteiger partial charge in [0, 0.05) is 48.3 Å². The van der Waals surface area contributed by atoms with Gasteiger partial charge in [0.1, 0.15) is 24.1 Å². The van der Waals surface area contributed by atoms with Crippen molar-refractivity contribution in [2.24, 2.45) is 11.8 Å². The van der Waals surface area contributed by atoms with Crippen LogP contribution in [0.15, 0.2) is 47.1 Å². The van der Waals surface area contributed by atoms with Gasteiger partial charge < -0.3 is 24.1 Å². The highest BCUT2D eigenvalue weighted by Crippen LogP contribution is 2.38. The zero-order valence-corrected chi connectivity index (χ0v) is 26.6. The predicted molar refractivity (Wildman–Crippen MR) is 170 cm³/mol. The Morgan fingerprint density at radius 1 is 1.07 bits per heavy atom. The van der Waals surface area contributed by atoms with Gasteiger partial charge >= 0.3 is 6.09 Å². The Kier molecular flexibility index (Phi) is 10.4. The molecule has 1 N–H and O–H groups in total. The third kappa shape index (κ3) is 7.64. The molecule has 0 aliphatic heterocycles. The highest BCUT2D eigenvalue weighted by Gasteiger charge is 2.34. The van der Waals surface area contributed by atoms with Gasteiger partial charge in [-0.25, -0.2) is 14.8 Å². The van der Waals surface area contributed by atoms with Gasteiger partial charge in [-0.2, -0.15) is 5.26 Å². The maximum atomic E-state index is 14.2. The van der Waals surface area contributed by atoms with Crippen molar-refractivity contribution >= 4 is 17.7 Å². The van der Waals surface area contributed by atoms with Gasteiger partial charge in [-0.05, 0) is 81.5 Å². The van der Waals surface area contributed by atoms with Crippen LogP contribution in [0.25, 0.3) is 11.3 Å².